The summed E-state index contributed by atoms with van der Waals surface area (Å²) >= 11 is 1.23. The van der Waals surface area contributed by atoms with E-state index in [2.05, 4.69) is 32.5 Å². The molecule has 7 nitrogen and oxygen atoms in total. The third-order valence-corrected chi connectivity index (χ3v) is 5.61. The van der Waals surface area contributed by atoms with Crippen LogP contribution in [0.1, 0.15) is 25.2 Å². The Morgan fingerprint density at radius 1 is 0.966 bits per heavy atom. The van der Waals surface area contributed by atoms with Crippen molar-refractivity contribution in [2.75, 3.05) is 36.4 Å². The van der Waals surface area contributed by atoms with Crippen LogP contribution in [0.25, 0.3) is 0 Å². The predicted octanol–water partition coefficient (Wildman–Crippen LogP) is 3.06. The molecule has 3 aromatic rings. The van der Waals surface area contributed by atoms with Crippen LogP contribution >= 0.6 is 11.3 Å². The second-order valence-corrected chi connectivity index (χ2v) is 7.96. The number of amides is 2. The van der Waals surface area contributed by atoms with Crippen LogP contribution in [0.4, 0.5) is 11.4 Å². The van der Waals surface area contributed by atoms with Crippen molar-refractivity contribution in [1.82, 2.24) is 15.1 Å². The van der Waals surface area contributed by atoms with Crippen LogP contribution in [-0.4, -0.2) is 53.1 Å². The highest BCUT2D eigenvalue weighted by Crippen LogP contribution is 2.19. The van der Waals surface area contributed by atoms with E-state index in [-0.39, 0.29) is 11.8 Å². The predicted molar refractivity (Wildman–Crippen MR) is 114 cm³/mol. The van der Waals surface area contributed by atoms with Gasteiger partial charge in [-0.1, -0.05) is 35.6 Å². The van der Waals surface area contributed by atoms with Gasteiger partial charge in [-0.15, -0.1) is 10.2 Å². The highest BCUT2D eigenvalue weighted by molar-refractivity contribution is 7.13. The normalized spacial score (nSPS) is 14.0. The molecular formula is C21H21N5O2S. The molecule has 0 aliphatic carbocycles. The fraction of sp³-hybridized carbons (Fsp3) is 0.238. The maximum Gasteiger partial charge on any atom is 0.286 e. The molecule has 0 radical (unpaired) electrons. The van der Waals surface area contributed by atoms with Crippen LogP contribution in [0, 0.1) is 6.92 Å². The van der Waals surface area contributed by atoms with Crippen LogP contribution in [0.2, 0.25) is 0 Å². The van der Waals surface area contributed by atoms with E-state index in [1.165, 1.54) is 17.0 Å². The van der Waals surface area contributed by atoms with Crippen LogP contribution in [0.15, 0.2) is 54.6 Å². The van der Waals surface area contributed by atoms with Gasteiger partial charge in [-0.3, -0.25) is 9.59 Å². The number of nitrogens with one attached hydrogen (secondary N) is 1. The molecule has 148 valence electrons. The summed E-state index contributed by atoms with van der Waals surface area (Å²) in [4.78, 5) is 29.3. The molecule has 2 aromatic carbocycles. The SMILES string of the molecule is Cc1nnc(C(=O)Nc2cccc(C(=O)N3CCN(c4ccccc4)CC3)c2)s1. The number of carbonyl (C=O) groups is 2. The zero-order chi connectivity index (χ0) is 20.2. The number of nitrogens with zero attached hydrogens (tertiary/aromatic N) is 4. The molecule has 1 aliphatic heterocycles. The lowest BCUT2D eigenvalue weighted by Crippen LogP contribution is -2.48. The standard InChI is InChI=1S/C21H21N5O2S/c1-15-23-24-20(29-15)19(27)22-17-7-5-6-16(14-17)21(28)26-12-10-25(11-13-26)18-8-3-2-4-9-18/h2-9,14H,10-13H2,1H3,(H,22,27). The van der Waals surface area contributed by atoms with Crippen LogP contribution in [0.3, 0.4) is 0 Å². The summed E-state index contributed by atoms with van der Waals surface area (Å²) in [6.45, 7) is 4.71. The van der Waals surface area contributed by atoms with E-state index in [0.717, 1.165) is 18.1 Å². The lowest BCUT2D eigenvalue weighted by molar-refractivity contribution is 0.0746. The first kappa shape index (κ1) is 19.1. The molecule has 2 heterocycles. The number of carbonyl (C=O) groups excluding carboxylic acids is 2. The number of hydrogen-bond donors (Lipinski definition) is 1. The Morgan fingerprint density at radius 2 is 1.72 bits per heavy atom. The number of benzene rings is 2. The van der Waals surface area contributed by atoms with Gasteiger partial charge in [0.25, 0.3) is 11.8 Å². The highest BCUT2D eigenvalue weighted by Gasteiger charge is 2.22. The van der Waals surface area contributed by atoms with E-state index in [0.29, 0.717) is 29.3 Å². The van der Waals surface area contributed by atoms with E-state index in [1.807, 2.05) is 23.1 Å². The van der Waals surface area contributed by atoms with Gasteiger partial charge in [0.1, 0.15) is 5.01 Å². The molecule has 0 spiro atoms. The van der Waals surface area contributed by atoms with Crippen LogP contribution < -0.4 is 10.2 Å². The number of hydrogen-bond acceptors (Lipinski definition) is 6. The summed E-state index contributed by atoms with van der Waals surface area (Å²) in [6.07, 6.45) is 0. The van der Waals surface area contributed by atoms with Crippen molar-refractivity contribution < 1.29 is 9.59 Å². The molecule has 0 bridgehead atoms. The Labute approximate surface area is 173 Å². The van der Waals surface area contributed by atoms with Gasteiger partial charge in [0.05, 0.1) is 0 Å². The van der Waals surface area contributed by atoms with Crippen molar-refractivity contribution in [1.29, 1.82) is 0 Å². The van der Waals surface area contributed by atoms with Gasteiger partial charge in [0.15, 0.2) is 0 Å². The van der Waals surface area contributed by atoms with E-state index in [4.69, 9.17) is 0 Å². The maximum absolute atomic E-state index is 12.9. The summed E-state index contributed by atoms with van der Waals surface area (Å²) in [5, 5.41) is 11.5. The first-order valence-corrected chi connectivity index (χ1v) is 10.2. The number of anilines is 2. The summed E-state index contributed by atoms with van der Waals surface area (Å²) in [5.74, 6) is -0.350. The number of aromatic nitrogens is 2. The Balaban J connectivity index is 1.39. The average Bonchev–Trinajstić information content (AvgIpc) is 3.21. The lowest BCUT2D eigenvalue weighted by atomic mass is 10.1. The fourth-order valence-corrected chi connectivity index (χ4v) is 3.88. The Kier molecular flexibility index (Phi) is 5.53. The van der Waals surface area contributed by atoms with Crippen molar-refractivity contribution in [3.63, 3.8) is 0 Å². The molecule has 0 unspecified atom stereocenters. The second kappa shape index (κ2) is 8.40. The molecule has 4 rings (SSSR count). The molecule has 29 heavy (non-hydrogen) atoms. The van der Waals surface area contributed by atoms with Gasteiger partial charge < -0.3 is 15.1 Å². The van der Waals surface area contributed by atoms with Gasteiger partial charge in [-0.2, -0.15) is 0 Å². The zero-order valence-corrected chi connectivity index (χ0v) is 16.9. The monoisotopic (exact) mass is 407 g/mol. The van der Waals surface area contributed by atoms with Gasteiger partial charge in [-0.25, -0.2) is 0 Å². The lowest BCUT2D eigenvalue weighted by Gasteiger charge is -2.36. The van der Waals surface area contributed by atoms with Crippen molar-refractivity contribution >= 4 is 34.5 Å². The molecule has 0 saturated carbocycles. The third kappa shape index (κ3) is 4.43. The largest absolute Gasteiger partial charge is 0.368 e. The summed E-state index contributed by atoms with van der Waals surface area (Å²) < 4.78 is 0. The average molecular weight is 407 g/mol. The zero-order valence-electron chi connectivity index (χ0n) is 16.0. The van der Waals surface area contributed by atoms with Crippen molar-refractivity contribution in [3.8, 4) is 0 Å². The van der Waals surface area contributed by atoms with E-state index in [9.17, 15) is 9.59 Å². The third-order valence-electron chi connectivity index (χ3n) is 4.78. The molecule has 1 aliphatic rings. The topological polar surface area (TPSA) is 78.4 Å². The molecule has 0 atom stereocenters. The molecule has 1 saturated heterocycles. The number of aryl methyl sites for hydroxylation is 1. The minimum atomic E-state index is -0.323. The first-order chi connectivity index (χ1) is 14.1. The number of rotatable bonds is 4. The maximum atomic E-state index is 12.9. The second-order valence-electron chi connectivity index (χ2n) is 6.78. The van der Waals surface area contributed by atoms with Crippen molar-refractivity contribution in [2.24, 2.45) is 0 Å². The van der Waals surface area contributed by atoms with Crippen molar-refractivity contribution in [3.05, 3.63) is 70.2 Å². The Hall–Kier alpha value is -3.26. The minimum Gasteiger partial charge on any atom is -0.368 e. The van der Waals surface area contributed by atoms with Crippen LogP contribution in [-0.2, 0) is 0 Å². The molecule has 1 fully saturated rings. The minimum absolute atomic E-state index is 0.0272. The Morgan fingerprint density at radius 3 is 2.41 bits per heavy atom. The van der Waals surface area contributed by atoms with Gasteiger partial charge in [-0.05, 0) is 37.3 Å². The molecule has 1 N–H and O–H groups in total. The van der Waals surface area contributed by atoms with Crippen LogP contribution in [0.5, 0.6) is 0 Å². The summed E-state index contributed by atoms with van der Waals surface area (Å²) in [5.41, 5.74) is 2.30. The van der Waals surface area contributed by atoms with E-state index < -0.39 is 0 Å². The van der Waals surface area contributed by atoms with Gasteiger partial charge in [0, 0.05) is 43.1 Å². The van der Waals surface area contributed by atoms with E-state index in [1.54, 1.807) is 31.2 Å². The first-order valence-electron chi connectivity index (χ1n) is 9.41. The summed E-state index contributed by atoms with van der Waals surface area (Å²) in [6, 6.07) is 17.2. The van der Waals surface area contributed by atoms with Gasteiger partial charge in [0.2, 0.25) is 5.01 Å². The fourth-order valence-electron chi connectivity index (χ4n) is 3.29. The highest BCUT2D eigenvalue weighted by atomic mass is 32.1. The molecule has 2 amide bonds. The molecule has 8 heteroatoms. The summed E-state index contributed by atoms with van der Waals surface area (Å²) in [7, 11) is 0. The number of para-hydroxylation sites is 1. The quantitative estimate of drug-likeness (QED) is 0.719. The number of piperazine rings is 1. The molecular weight excluding hydrogens is 386 g/mol. The molecule has 1 aromatic heterocycles. The van der Waals surface area contributed by atoms with Crippen molar-refractivity contribution in [2.45, 2.75) is 6.92 Å². The van der Waals surface area contributed by atoms with Gasteiger partial charge >= 0.3 is 0 Å². The smallest absolute Gasteiger partial charge is 0.286 e. The van der Waals surface area contributed by atoms with E-state index >= 15 is 0 Å². The Bertz CT molecular complexity index is 1010.